The lowest BCUT2D eigenvalue weighted by Crippen LogP contribution is -2.50. The Morgan fingerprint density at radius 1 is 0.870 bits per heavy atom. The molecule has 3 amide bonds. The summed E-state index contributed by atoms with van der Waals surface area (Å²) in [5.41, 5.74) is 3.20. The lowest BCUT2D eigenvalue weighted by atomic mass is 9.88. The minimum atomic E-state index is -0.479. The van der Waals surface area contributed by atoms with Gasteiger partial charge in [0.2, 0.25) is 17.7 Å². The van der Waals surface area contributed by atoms with E-state index in [4.69, 9.17) is 11.6 Å². The van der Waals surface area contributed by atoms with E-state index < -0.39 is 6.04 Å². The molecule has 2 fully saturated rings. The first-order chi connectivity index (χ1) is 22.5. The molecule has 7 nitrogen and oxygen atoms in total. The third-order valence-electron chi connectivity index (χ3n) is 9.13. The van der Waals surface area contributed by atoms with Crippen LogP contribution in [0.2, 0.25) is 5.02 Å². The Kier molecular flexibility index (Phi) is 12.4. The second-order valence-corrected chi connectivity index (χ2v) is 12.8. The molecule has 1 aliphatic heterocycles. The van der Waals surface area contributed by atoms with E-state index in [-0.39, 0.29) is 35.6 Å². The zero-order valence-electron chi connectivity index (χ0n) is 26.4. The predicted molar refractivity (Wildman–Crippen MR) is 184 cm³/mol. The first-order valence-corrected chi connectivity index (χ1v) is 17.0. The number of nitrogens with one attached hydrogen (secondary N) is 3. The van der Waals surface area contributed by atoms with Crippen LogP contribution in [0.15, 0.2) is 91.0 Å². The number of halogens is 1. The Bertz CT molecular complexity index is 1400. The molecule has 242 valence electrons. The maximum absolute atomic E-state index is 14.1. The lowest BCUT2D eigenvalue weighted by Gasteiger charge is -2.29. The van der Waals surface area contributed by atoms with E-state index in [1.165, 1.54) is 12.5 Å². The molecule has 5 rings (SSSR count). The van der Waals surface area contributed by atoms with E-state index in [0.29, 0.717) is 44.0 Å². The quantitative estimate of drug-likeness (QED) is 0.214. The van der Waals surface area contributed by atoms with Gasteiger partial charge in [-0.15, -0.1) is 0 Å². The normalized spacial score (nSPS) is 19.3. The highest BCUT2D eigenvalue weighted by atomic mass is 35.5. The largest absolute Gasteiger partial charge is 0.356 e. The Labute approximate surface area is 277 Å². The van der Waals surface area contributed by atoms with E-state index in [2.05, 4.69) is 40.2 Å². The highest BCUT2D eigenvalue weighted by Gasteiger charge is 2.33. The number of benzene rings is 3. The van der Waals surface area contributed by atoms with Crippen LogP contribution < -0.4 is 16.0 Å². The van der Waals surface area contributed by atoms with Crippen molar-refractivity contribution in [3.05, 3.63) is 113 Å². The molecule has 8 heteroatoms. The number of nitrogens with zero attached hydrogens (tertiary/aromatic N) is 1. The lowest BCUT2D eigenvalue weighted by molar-refractivity contribution is -0.133. The standard InChI is InChI=1S/C38H45ClN4O3/c39-32-19-16-28(17-20-32)18-21-36(44)41-26-33-23-25-43(27-34(29-10-4-1-5-11-29)30-12-6-2-7-13-30)38(46)35(42-33)22-24-40-37(45)31-14-8-3-9-15-31/h1-2,4-7,10-13,16-21,31,33-35,42H,3,8-9,14-15,22-27H2,(H,40,45)(H,41,44)/t33-,35-/m0/s1. The monoisotopic (exact) mass is 640 g/mol. The molecule has 46 heavy (non-hydrogen) atoms. The molecule has 1 heterocycles. The summed E-state index contributed by atoms with van der Waals surface area (Å²) in [5, 5.41) is 10.3. The van der Waals surface area contributed by atoms with Crippen LogP contribution in [-0.4, -0.2) is 60.9 Å². The molecule has 3 aromatic carbocycles. The van der Waals surface area contributed by atoms with Crippen LogP contribution in [0.25, 0.3) is 6.08 Å². The van der Waals surface area contributed by atoms with Gasteiger partial charge in [-0.3, -0.25) is 14.4 Å². The molecule has 3 aromatic rings. The van der Waals surface area contributed by atoms with Gasteiger partial charge in [0.15, 0.2) is 0 Å². The van der Waals surface area contributed by atoms with Crippen molar-refractivity contribution in [2.75, 3.05) is 26.2 Å². The van der Waals surface area contributed by atoms with Gasteiger partial charge >= 0.3 is 0 Å². The van der Waals surface area contributed by atoms with Crippen molar-refractivity contribution in [3.63, 3.8) is 0 Å². The highest BCUT2D eigenvalue weighted by molar-refractivity contribution is 6.30. The van der Waals surface area contributed by atoms with Crippen LogP contribution in [-0.2, 0) is 14.4 Å². The molecule has 2 atom stereocenters. The van der Waals surface area contributed by atoms with Crippen LogP contribution in [0.1, 0.15) is 67.6 Å². The Morgan fingerprint density at radius 2 is 1.52 bits per heavy atom. The Hall–Kier alpha value is -3.94. The first-order valence-electron chi connectivity index (χ1n) is 16.6. The van der Waals surface area contributed by atoms with Gasteiger partial charge in [-0.05, 0) is 60.6 Å². The summed E-state index contributed by atoms with van der Waals surface area (Å²) in [6.45, 7) is 1.92. The molecule has 1 aliphatic carbocycles. The minimum absolute atomic E-state index is 0.0206. The molecule has 3 N–H and O–H groups in total. The van der Waals surface area contributed by atoms with Crippen molar-refractivity contribution >= 4 is 35.4 Å². The van der Waals surface area contributed by atoms with E-state index in [9.17, 15) is 14.4 Å². The minimum Gasteiger partial charge on any atom is -0.356 e. The fourth-order valence-electron chi connectivity index (χ4n) is 6.50. The zero-order valence-corrected chi connectivity index (χ0v) is 27.1. The summed E-state index contributed by atoms with van der Waals surface area (Å²) in [4.78, 5) is 41.6. The number of rotatable bonds is 12. The van der Waals surface area contributed by atoms with Crippen LogP contribution in [0, 0.1) is 5.92 Å². The maximum Gasteiger partial charge on any atom is 0.244 e. The predicted octanol–water partition coefficient (Wildman–Crippen LogP) is 5.95. The van der Waals surface area contributed by atoms with Crippen molar-refractivity contribution < 1.29 is 14.4 Å². The van der Waals surface area contributed by atoms with Crippen molar-refractivity contribution in [3.8, 4) is 0 Å². The van der Waals surface area contributed by atoms with Gasteiger partial charge in [-0.25, -0.2) is 0 Å². The summed E-state index contributed by atoms with van der Waals surface area (Å²) >= 11 is 5.97. The van der Waals surface area contributed by atoms with Crippen LogP contribution in [0.3, 0.4) is 0 Å². The summed E-state index contributed by atoms with van der Waals surface area (Å²) in [5.74, 6) is 0.0211. The SMILES string of the molecule is O=C(C=Cc1ccc(Cl)cc1)NC[C@@H]1CCN(CC(c2ccccc2)c2ccccc2)C(=O)[C@H](CCNC(=O)C2CCCCC2)N1. The van der Waals surface area contributed by atoms with Crippen molar-refractivity contribution in [1.82, 2.24) is 20.9 Å². The molecule has 0 aromatic heterocycles. The van der Waals surface area contributed by atoms with Gasteiger partial charge in [-0.1, -0.05) is 104 Å². The summed E-state index contributed by atoms with van der Waals surface area (Å²) in [7, 11) is 0. The smallest absolute Gasteiger partial charge is 0.244 e. The van der Waals surface area contributed by atoms with Gasteiger partial charge in [-0.2, -0.15) is 0 Å². The van der Waals surface area contributed by atoms with E-state index >= 15 is 0 Å². The maximum atomic E-state index is 14.1. The van der Waals surface area contributed by atoms with Crippen LogP contribution >= 0.6 is 11.6 Å². The van der Waals surface area contributed by atoms with E-state index in [0.717, 1.165) is 42.4 Å². The average Bonchev–Trinajstić information content (AvgIpc) is 3.24. The van der Waals surface area contributed by atoms with Crippen molar-refractivity contribution in [1.29, 1.82) is 0 Å². The summed E-state index contributed by atoms with van der Waals surface area (Å²) < 4.78 is 0. The van der Waals surface area contributed by atoms with Gasteiger partial charge in [0.25, 0.3) is 0 Å². The third kappa shape index (κ3) is 9.78. The second-order valence-electron chi connectivity index (χ2n) is 12.4. The van der Waals surface area contributed by atoms with Gasteiger partial charge in [0, 0.05) is 55.2 Å². The summed E-state index contributed by atoms with van der Waals surface area (Å²) in [6, 6.07) is 27.3. The number of hydrogen-bond acceptors (Lipinski definition) is 4. The summed E-state index contributed by atoms with van der Waals surface area (Å²) in [6.07, 6.45) is 9.71. The van der Waals surface area contributed by atoms with Crippen molar-refractivity contribution in [2.45, 2.75) is 62.9 Å². The molecular weight excluding hydrogens is 596 g/mol. The number of amides is 3. The Morgan fingerprint density at radius 3 is 2.17 bits per heavy atom. The number of hydrogen-bond donors (Lipinski definition) is 3. The van der Waals surface area contributed by atoms with Gasteiger partial charge < -0.3 is 20.9 Å². The molecular formula is C38H45ClN4O3. The molecule has 1 saturated heterocycles. The van der Waals surface area contributed by atoms with E-state index in [1.54, 1.807) is 18.2 Å². The highest BCUT2D eigenvalue weighted by Crippen LogP contribution is 2.27. The van der Waals surface area contributed by atoms with Gasteiger partial charge in [0.1, 0.15) is 0 Å². The number of carbonyl (C=O) groups is 3. The molecule has 0 unspecified atom stereocenters. The van der Waals surface area contributed by atoms with Crippen LogP contribution in [0.4, 0.5) is 0 Å². The molecule has 1 saturated carbocycles. The topological polar surface area (TPSA) is 90.5 Å². The van der Waals surface area contributed by atoms with Crippen molar-refractivity contribution in [2.24, 2.45) is 5.92 Å². The molecule has 0 bridgehead atoms. The van der Waals surface area contributed by atoms with Gasteiger partial charge in [0.05, 0.1) is 6.04 Å². The molecule has 0 radical (unpaired) electrons. The second kappa shape index (κ2) is 17.1. The fourth-order valence-corrected chi connectivity index (χ4v) is 6.63. The van der Waals surface area contributed by atoms with E-state index in [1.807, 2.05) is 53.4 Å². The Balaban J connectivity index is 1.27. The molecule has 0 spiro atoms. The number of carbonyl (C=O) groups excluding carboxylic acids is 3. The average molecular weight is 641 g/mol. The zero-order chi connectivity index (χ0) is 32.1. The fraction of sp³-hybridized carbons (Fsp3) is 0.395. The third-order valence-corrected chi connectivity index (χ3v) is 9.38. The first kappa shape index (κ1) is 33.4. The molecule has 2 aliphatic rings. The van der Waals surface area contributed by atoms with Crippen LogP contribution in [0.5, 0.6) is 0 Å².